The third kappa shape index (κ3) is 4.16. The molecule has 2 saturated heterocycles. The van der Waals surface area contributed by atoms with Crippen LogP contribution in [0.25, 0.3) is 0 Å². The number of hydrogen-bond acceptors (Lipinski definition) is 4. The Morgan fingerprint density at radius 1 is 1.10 bits per heavy atom. The summed E-state index contributed by atoms with van der Waals surface area (Å²) in [5, 5.41) is 3.28. The van der Waals surface area contributed by atoms with Gasteiger partial charge in [0.1, 0.15) is 0 Å². The van der Waals surface area contributed by atoms with E-state index >= 15 is 0 Å². The molecule has 2 heterocycles. The van der Waals surface area contributed by atoms with Gasteiger partial charge in [-0.05, 0) is 59.5 Å². The van der Waals surface area contributed by atoms with E-state index in [1.54, 1.807) is 4.31 Å². The van der Waals surface area contributed by atoms with Gasteiger partial charge in [0.05, 0.1) is 17.0 Å². The van der Waals surface area contributed by atoms with Gasteiger partial charge in [-0.2, -0.15) is 4.31 Å². The number of morpholine rings is 1. The van der Waals surface area contributed by atoms with E-state index in [9.17, 15) is 8.42 Å². The first kappa shape index (κ1) is 16.2. The van der Waals surface area contributed by atoms with Gasteiger partial charge in [0.25, 0.3) is 0 Å². The zero-order valence-corrected chi connectivity index (χ0v) is 13.9. The Bertz CT molecular complexity index is 423. The van der Waals surface area contributed by atoms with E-state index in [-0.39, 0.29) is 11.7 Å². The quantitative estimate of drug-likeness (QED) is 0.851. The summed E-state index contributed by atoms with van der Waals surface area (Å²) in [5.74, 6) is 0.566. The lowest BCUT2D eigenvalue weighted by atomic mass is 10.0. The number of nitrogens with zero attached hydrogens (tertiary/aromatic N) is 1. The highest BCUT2D eigenvalue weighted by atomic mass is 32.2. The summed E-state index contributed by atoms with van der Waals surface area (Å²) in [7, 11) is -3.20. The molecule has 0 spiro atoms. The fourth-order valence-electron chi connectivity index (χ4n) is 3.37. The van der Waals surface area contributed by atoms with E-state index in [1.807, 2.05) is 27.7 Å². The van der Waals surface area contributed by atoms with Crippen LogP contribution >= 0.6 is 0 Å². The summed E-state index contributed by atoms with van der Waals surface area (Å²) in [6.45, 7) is 10.6. The second-order valence-electron chi connectivity index (χ2n) is 7.36. The van der Waals surface area contributed by atoms with Crippen LogP contribution in [0.3, 0.4) is 0 Å². The van der Waals surface area contributed by atoms with Crippen molar-refractivity contribution >= 4 is 10.0 Å². The van der Waals surface area contributed by atoms with Gasteiger partial charge in [-0.3, -0.25) is 0 Å². The van der Waals surface area contributed by atoms with Crippen molar-refractivity contribution in [3.63, 3.8) is 0 Å². The Kier molecular flexibility index (Phi) is 4.50. The first-order valence-corrected chi connectivity index (χ1v) is 9.09. The molecule has 0 atom stereocenters. The van der Waals surface area contributed by atoms with E-state index in [0.29, 0.717) is 13.1 Å². The molecule has 2 fully saturated rings. The van der Waals surface area contributed by atoms with Crippen molar-refractivity contribution in [2.45, 2.75) is 51.7 Å². The van der Waals surface area contributed by atoms with Crippen LogP contribution in [0, 0.1) is 5.92 Å². The zero-order chi connectivity index (χ0) is 15.0. The average molecular weight is 304 g/mol. The highest BCUT2D eigenvalue weighted by Crippen LogP contribution is 2.30. The second-order valence-corrected chi connectivity index (χ2v) is 9.37. The Labute approximate surface area is 123 Å². The van der Waals surface area contributed by atoms with Gasteiger partial charge >= 0.3 is 0 Å². The molecular formula is C14H28N2O3S. The molecule has 0 aromatic heterocycles. The van der Waals surface area contributed by atoms with Crippen LogP contribution < -0.4 is 5.32 Å². The molecule has 0 unspecified atom stereocenters. The van der Waals surface area contributed by atoms with Crippen molar-refractivity contribution in [1.82, 2.24) is 9.62 Å². The molecule has 2 aliphatic rings. The molecule has 118 valence electrons. The van der Waals surface area contributed by atoms with Gasteiger partial charge in [-0.25, -0.2) is 8.42 Å². The van der Waals surface area contributed by atoms with E-state index < -0.39 is 21.2 Å². The Morgan fingerprint density at radius 3 is 2.10 bits per heavy atom. The molecule has 0 aliphatic carbocycles. The van der Waals surface area contributed by atoms with Crippen molar-refractivity contribution in [3.05, 3.63) is 0 Å². The maximum Gasteiger partial charge on any atom is 0.214 e. The molecule has 2 aliphatic heterocycles. The number of ether oxygens (including phenoxy) is 1. The number of nitrogens with one attached hydrogen (secondary N) is 1. The molecule has 0 aromatic rings. The van der Waals surface area contributed by atoms with Crippen LogP contribution in [0.2, 0.25) is 0 Å². The molecule has 1 N–H and O–H groups in total. The predicted octanol–water partition coefficient (Wildman–Crippen LogP) is 1.21. The normalized spacial score (nSPS) is 28.4. The van der Waals surface area contributed by atoms with Crippen molar-refractivity contribution < 1.29 is 13.2 Å². The topological polar surface area (TPSA) is 58.6 Å². The fourth-order valence-corrected chi connectivity index (χ4v) is 5.52. The molecule has 5 nitrogen and oxygen atoms in total. The summed E-state index contributed by atoms with van der Waals surface area (Å²) in [4.78, 5) is 0. The highest BCUT2D eigenvalue weighted by molar-refractivity contribution is 7.89. The van der Waals surface area contributed by atoms with Crippen molar-refractivity contribution in [3.8, 4) is 0 Å². The SMILES string of the molecule is CC1(C)CN(S(=O)(=O)CC2CCNCC2)CC(C)(C)O1. The van der Waals surface area contributed by atoms with Gasteiger partial charge in [0, 0.05) is 13.1 Å². The Hall–Kier alpha value is -0.170. The summed E-state index contributed by atoms with van der Waals surface area (Å²) in [5.41, 5.74) is -0.855. The standard InChI is InChI=1S/C14H28N2O3S/c1-13(2)10-16(11-14(3,4)19-13)20(17,18)9-12-5-7-15-8-6-12/h12,15H,5-11H2,1-4H3. The smallest absolute Gasteiger partial charge is 0.214 e. The van der Waals surface area contributed by atoms with E-state index in [4.69, 9.17) is 4.74 Å². The minimum absolute atomic E-state index is 0.279. The van der Waals surface area contributed by atoms with Crippen LogP contribution in [0.15, 0.2) is 0 Å². The fraction of sp³-hybridized carbons (Fsp3) is 1.00. The van der Waals surface area contributed by atoms with Crippen molar-refractivity contribution in [1.29, 1.82) is 0 Å². The first-order valence-electron chi connectivity index (χ1n) is 7.48. The number of piperidine rings is 1. The molecule has 0 radical (unpaired) electrons. The van der Waals surface area contributed by atoms with Gasteiger partial charge in [-0.15, -0.1) is 0 Å². The Balaban J connectivity index is 2.07. The van der Waals surface area contributed by atoms with Crippen LogP contribution in [0.4, 0.5) is 0 Å². The van der Waals surface area contributed by atoms with Crippen molar-refractivity contribution in [2.75, 3.05) is 31.9 Å². The summed E-state index contributed by atoms with van der Waals surface area (Å²) < 4.78 is 33.0. The van der Waals surface area contributed by atoms with E-state index in [1.165, 1.54) is 0 Å². The third-order valence-electron chi connectivity index (χ3n) is 3.97. The van der Waals surface area contributed by atoms with Crippen LogP contribution in [0.1, 0.15) is 40.5 Å². The molecule has 0 saturated carbocycles. The zero-order valence-electron chi connectivity index (χ0n) is 13.1. The second kappa shape index (κ2) is 5.55. The largest absolute Gasteiger partial charge is 0.367 e. The molecule has 0 aromatic carbocycles. The Morgan fingerprint density at radius 2 is 1.60 bits per heavy atom. The lowest BCUT2D eigenvalue weighted by Gasteiger charge is -2.46. The summed E-state index contributed by atoms with van der Waals surface area (Å²) in [6, 6.07) is 0. The third-order valence-corrected chi connectivity index (χ3v) is 5.90. The minimum Gasteiger partial charge on any atom is -0.367 e. The number of sulfonamides is 1. The molecule has 0 amide bonds. The number of hydrogen-bond donors (Lipinski definition) is 1. The highest BCUT2D eigenvalue weighted by Gasteiger charge is 2.43. The van der Waals surface area contributed by atoms with E-state index in [2.05, 4.69) is 5.32 Å². The first-order chi connectivity index (χ1) is 9.10. The van der Waals surface area contributed by atoms with Gasteiger partial charge in [0.2, 0.25) is 10.0 Å². The molecule has 0 bridgehead atoms. The monoisotopic (exact) mass is 304 g/mol. The average Bonchev–Trinajstić information content (AvgIpc) is 2.25. The molecule has 2 rings (SSSR count). The maximum atomic E-state index is 12.7. The molecule has 20 heavy (non-hydrogen) atoms. The minimum atomic E-state index is -3.20. The predicted molar refractivity (Wildman–Crippen MR) is 80.2 cm³/mol. The molecule has 6 heteroatoms. The van der Waals surface area contributed by atoms with Crippen LogP contribution in [-0.4, -0.2) is 55.9 Å². The lowest BCUT2D eigenvalue weighted by Crippen LogP contribution is -2.59. The summed E-state index contributed by atoms with van der Waals surface area (Å²) >= 11 is 0. The van der Waals surface area contributed by atoms with Crippen LogP contribution in [0.5, 0.6) is 0 Å². The van der Waals surface area contributed by atoms with Gasteiger partial charge < -0.3 is 10.1 Å². The van der Waals surface area contributed by atoms with Crippen molar-refractivity contribution in [2.24, 2.45) is 5.92 Å². The van der Waals surface area contributed by atoms with Gasteiger partial charge in [0.15, 0.2) is 0 Å². The lowest BCUT2D eigenvalue weighted by molar-refractivity contribution is -0.164. The van der Waals surface area contributed by atoms with Gasteiger partial charge in [-0.1, -0.05) is 0 Å². The maximum absolute atomic E-state index is 12.7. The summed E-state index contributed by atoms with van der Waals surface area (Å²) in [6.07, 6.45) is 1.91. The number of rotatable bonds is 3. The van der Waals surface area contributed by atoms with E-state index in [0.717, 1.165) is 25.9 Å². The molecular weight excluding hydrogens is 276 g/mol. The van der Waals surface area contributed by atoms with Crippen LogP contribution in [-0.2, 0) is 14.8 Å².